The predicted molar refractivity (Wildman–Crippen MR) is 53.6 cm³/mol. The lowest BCUT2D eigenvalue weighted by molar-refractivity contribution is 0.292. The second kappa shape index (κ2) is 3.33. The van der Waals surface area contributed by atoms with Gasteiger partial charge in [-0.1, -0.05) is 6.92 Å². The van der Waals surface area contributed by atoms with E-state index in [-0.39, 0.29) is 0 Å². The Balaban J connectivity index is 2.42. The van der Waals surface area contributed by atoms with Crippen LogP contribution in [-0.4, -0.2) is 9.78 Å². The summed E-state index contributed by atoms with van der Waals surface area (Å²) in [6.07, 6.45) is 4.29. The molecule has 0 aromatic carbocycles. The maximum absolute atomic E-state index is 8.93. The van der Waals surface area contributed by atoms with Crippen LogP contribution in [0, 0.1) is 11.3 Å². The molecular formula is C10H14N4. The number of rotatable bonds is 2. The van der Waals surface area contributed by atoms with Gasteiger partial charge < -0.3 is 5.73 Å². The third-order valence-corrected chi connectivity index (χ3v) is 2.89. The van der Waals surface area contributed by atoms with Gasteiger partial charge in [0.2, 0.25) is 0 Å². The Kier molecular flexibility index (Phi) is 2.16. The van der Waals surface area contributed by atoms with Gasteiger partial charge in [-0.05, 0) is 25.7 Å². The van der Waals surface area contributed by atoms with Crippen LogP contribution < -0.4 is 5.73 Å². The molecule has 1 heterocycles. The topological polar surface area (TPSA) is 67.6 Å². The summed E-state index contributed by atoms with van der Waals surface area (Å²) >= 11 is 0. The zero-order chi connectivity index (χ0) is 10.1. The number of nitriles is 1. The highest BCUT2D eigenvalue weighted by Crippen LogP contribution is 2.34. The van der Waals surface area contributed by atoms with Crippen LogP contribution in [0.1, 0.15) is 43.5 Å². The van der Waals surface area contributed by atoms with Crippen LogP contribution in [0.5, 0.6) is 0 Å². The number of hydrogen-bond acceptors (Lipinski definition) is 3. The van der Waals surface area contributed by atoms with E-state index >= 15 is 0 Å². The summed E-state index contributed by atoms with van der Waals surface area (Å²) in [6.45, 7) is 1.99. The molecule has 2 N–H and O–H groups in total. The van der Waals surface area contributed by atoms with E-state index in [4.69, 9.17) is 11.0 Å². The molecule has 1 aliphatic carbocycles. The summed E-state index contributed by atoms with van der Waals surface area (Å²) in [4.78, 5) is 0. The highest BCUT2D eigenvalue weighted by molar-refractivity contribution is 5.52. The number of aryl methyl sites for hydroxylation is 1. The van der Waals surface area contributed by atoms with Crippen molar-refractivity contribution in [3.63, 3.8) is 0 Å². The molecule has 1 aliphatic rings. The van der Waals surface area contributed by atoms with Crippen LogP contribution in [0.25, 0.3) is 0 Å². The van der Waals surface area contributed by atoms with Crippen LogP contribution >= 0.6 is 0 Å². The lowest BCUT2D eigenvalue weighted by Gasteiger charge is -2.26. The van der Waals surface area contributed by atoms with Gasteiger partial charge in [0.1, 0.15) is 17.5 Å². The number of nitrogens with zero attached hydrogens (tertiary/aromatic N) is 3. The molecule has 0 atom stereocenters. The molecule has 0 bridgehead atoms. The molecule has 1 saturated carbocycles. The van der Waals surface area contributed by atoms with Crippen molar-refractivity contribution in [1.82, 2.24) is 9.78 Å². The maximum Gasteiger partial charge on any atom is 0.140 e. The molecule has 0 amide bonds. The number of nitrogens with two attached hydrogens (primary N) is 1. The Morgan fingerprint density at radius 2 is 2.36 bits per heavy atom. The molecule has 0 aliphatic heterocycles. The van der Waals surface area contributed by atoms with Gasteiger partial charge in [-0.2, -0.15) is 10.4 Å². The van der Waals surface area contributed by atoms with E-state index in [1.807, 2.05) is 11.6 Å². The summed E-state index contributed by atoms with van der Waals surface area (Å²) in [7, 11) is 0. The Hall–Kier alpha value is -1.50. The molecule has 1 aromatic heterocycles. The smallest absolute Gasteiger partial charge is 0.140 e. The minimum absolute atomic E-state index is 0.433. The summed E-state index contributed by atoms with van der Waals surface area (Å²) in [5, 5.41) is 13.3. The minimum Gasteiger partial charge on any atom is -0.383 e. The molecule has 2 rings (SSSR count). The second-order valence-electron chi connectivity index (χ2n) is 3.70. The average Bonchev–Trinajstić information content (AvgIpc) is 2.41. The molecule has 1 fully saturated rings. The highest BCUT2D eigenvalue weighted by Gasteiger charge is 2.25. The van der Waals surface area contributed by atoms with E-state index in [1.54, 1.807) is 0 Å². The first kappa shape index (κ1) is 9.07. The largest absolute Gasteiger partial charge is 0.383 e. The molecule has 0 spiro atoms. The number of hydrogen-bond donors (Lipinski definition) is 1. The molecule has 0 unspecified atom stereocenters. The van der Waals surface area contributed by atoms with Crippen LogP contribution in [-0.2, 0) is 6.42 Å². The van der Waals surface area contributed by atoms with Crippen molar-refractivity contribution in [3.05, 3.63) is 11.3 Å². The third kappa shape index (κ3) is 1.17. The summed E-state index contributed by atoms with van der Waals surface area (Å²) in [5.74, 6) is 0.550. The lowest BCUT2D eigenvalue weighted by atomic mass is 9.93. The van der Waals surface area contributed by atoms with E-state index in [2.05, 4.69) is 11.2 Å². The van der Waals surface area contributed by atoms with Crippen LogP contribution in [0.3, 0.4) is 0 Å². The van der Waals surface area contributed by atoms with Gasteiger partial charge in [0.15, 0.2) is 0 Å². The Labute approximate surface area is 83.3 Å². The lowest BCUT2D eigenvalue weighted by Crippen LogP contribution is -2.20. The van der Waals surface area contributed by atoms with Crippen molar-refractivity contribution in [2.45, 2.75) is 38.6 Å². The van der Waals surface area contributed by atoms with Gasteiger partial charge in [0.25, 0.3) is 0 Å². The van der Waals surface area contributed by atoms with Gasteiger partial charge >= 0.3 is 0 Å². The highest BCUT2D eigenvalue weighted by atomic mass is 15.3. The third-order valence-electron chi connectivity index (χ3n) is 2.89. The zero-order valence-electron chi connectivity index (χ0n) is 8.32. The van der Waals surface area contributed by atoms with Crippen LogP contribution in [0.2, 0.25) is 0 Å². The Bertz CT molecular complexity index is 382. The number of nitrogen functional groups attached to an aromatic ring is 1. The first-order valence-corrected chi connectivity index (χ1v) is 5.04. The fraction of sp³-hybridized carbons (Fsp3) is 0.600. The normalized spacial score (nSPS) is 16.3. The molecule has 4 heteroatoms. The van der Waals surface area contributed by atoms with E-state index in [1.165, 1.54) is 6.42 Å². The van der Waals surface area contributed by atoms with Gasteiger partial charge in [-0.15, -0.1) is 0 Å². The molecule has 74 valence electrons. The quantitative estimate of drug-likeness (QED) is 0.770. The molecule has 0 saturated heterocycles. The minimum atomic E-state index is 0.433. The molecule has 4 nitrogen and oxygen atoms in total. The standard InChI is InChI=1S/C10H14N4/c1-2-9-8(6-11)10(12)14(13-9)7-4-3-5-7/h7H,2-5,12H2,1H3. The van der Waals surface area contributed by atoms with E-state index in [9.17, 15) is 0 Å². The summed E-state index contributed by atoms with van der Waals surface area (Å²) < 4.78 is 1.83. The van der Waals surface area contributed by atoms with Gasteiger partial charge in [0, 0.05) is 0 Å². The second-order valence-corrected chi connectivity index (χ2v) is 3.70. The van der Waals surface area contributed by atoms with E-state index < -0.39 is 0 Å². The number of aromatic nitrogens is 2. The first-order chi connectivity index (χ1) is 6.77. The van der Waals surface area contributed by atoms with Crippen molar-refractivity contribution in [3.8, 4) is 6.07 Å². The van der Waals surface area contributed by atoms with Gasteiger partial charge in [0.05, 0.1) is 11.7 Å². The van der Waals surface area contributed by atoms with E-state index in [0.717, 1.165) is 25.0 Å². The average molecular weight is 190 g/mol. The Morgan fingerprint density at radius 3 is 2.71 bits per heavy atom. The van der Waals surface area contributed by atoms with Crippen molar-refractivity contribution in [1.29, 1.82) is 5.26 Å². The molecule has 14 heavy (non-hydrogen) atoms. The van der Waals surface area contributed by atoms with Crippen LogP contribution in [0.15, 0.2) is 0 Å². The van der Waals surface area contributed by atoms with Crippen molar-refractivity contribution in [2.75, 3.05) is 5.73 Å². The molecular weight excluding hydrogens is 176 g/mol. The van der Waals surface area contributed by atoms with E-state index in [0.29, 0.717) is 17.4 Å². The first-order valence-electron chi connectivity index (χ1n) is 5.04. The fourth-order valence-electron chi connectivity index (χ4n) is 1.78. The summed E-state index contributed by atoms with van der Waals surface area (Å²) in [6, 6.07) is 2.56. The molecule has 1 aromatic rings. The monoisotopic (exact) mass is 190 g/mol. The SMILES string of the molecule is CCc1nn(C2CCC2)c(N)c1C#N. The summed E-state index contributed by atoms with van der Waals surface area (Å²) in [5.41, 5.74) is 7.28. The fourth-order valence-corrected chi connectivity index (χ4v) is 1.78. The van der Waals surface area contributed by atoms with Gasteiger partial charge in [-0.25, -0.2) is 4.68 Å². The Morgan fingerprint density at radius 1 is 1.64 bits per heavy atom. The maximum atomic E-state index is 8.93. The van der Waals surface area contributed by atoms with Crippen molar-refractivity contribution >= 4 is 5.82 Å². The number of anilines is 1. The van der Waals surface area contributed by atoms with Crippen LogP contribution in [0.4, 0.5) is 5.82 Å². The van der Waals surface area contributed by atoms with Crippen molar-refractivity contribution in [2.24, 2.45) is 0 Å². The van der Waals surface area contributed by atoms with Gasteiger partial charge in [-0.3, -0.25) is 0 Å². The predicted octanol–water partition coefficient (Wildman–Crippen LogP) is 1.62. The van der Waals surface area contributed by atoms with Crippen molar-refractivity contribution < 1.29 is 0 Å². The molecule has 0 radical (unpaired) electrons. The zero-order valence-corrected chi connectivity index (χ0v) is 8.32.